The molecule has 3 aromatic carbocycles. The van der Waals surface area contributed by atoms with Crippen LogP contribution in [-0.4, -0.2) is 12.5 Å². The molecule has 0 heterocycles. The lowest BCUT2D eigenvalue weighted by atomic mass is 10.0. The third-order valence-corrected chi connectivity index (χ3v) is 5.74. The Kier molecular flexibility index (Phi) is 8.11. The second-order valence-electron chi connectivity index (χ2n) is 7.22. The molecular formula is C26H21Cl2FN2O2. The zero-order valence-corrected chi connectivity index (χ0v) is 19.6. The van der Waals surface area contributed by atoms with Gasteiger partial charge in [0, 0.05) is 27.7 Å². The van der Waals surface area contributed by atoms with Gasteiger partial charge in [0.1, 0.15) is 23.2 Å². The molecule has 3 rings (SSSR count). The lowest BCUT2D eigenvalue weighted by molar-refractivity contribution is -0.112. The molecule has 0 aromatic heterocycles. The van der Waals surface area contributed by atoms with Crippen LogP contribution >= 0.6 is 23.2 Å². The fourth-order valence-corrected chi connectivity index (χ4v) is 3.71. The number of hydrogen-bond acceptors (Lipinski definition) is 3. The average molecular weight is 483 g/mol. The molecular weight excluding hydrogens is 462 g/mol. The molecule has 3 aromatic rings. The lowest BCUT2D eigenvalue weighted by Gasteiger charge is -2.14. The molecule has 0 aliphatic carbocycles. The summed E-state index contributed by atoms with van der Waals surface area (Å²) in [5.74, 6) is -0.449. The summed E-state index contributed by atoms with van der Waals surface area (Å²) in [6, 6.07) is 16.8. The van der Waals surface area contributed by atoms with Gasteiger partial charge in [-0.2, -0.15) is 5.26 Å². The molecule has 0 spiro atoms. The van der Waals surface area contributed by atoms with Crippen LogP contribution in [0.4, 0.5) is 10.1 Å². The highest BCUT2D eigenvalue weighted by Gasteiger charge is 2.16. The summed E-state index contributed by atoms with van der Waals surface area (Å²) in [4.78, 5) is 12.7. The van der Waals surface area contributed by atoms with Crippen molar-refractivity contribution in [1.29, 1.82) is 5.26 Å². The van der Waals surface area contributed by atoms with Crippen molar-refractivity contribution >= 4 is 40.9 Å². The highest BCUT2D eigenvalue weighted by Crippen LogP contribution is 2.33. The van der Waals surface area contributed by atoms with E-state index in [1.165, 1.54) is 12.1 Å². The molecule has 7 heteroatoms. The summed E-state index contributed by atoms with van der Waals surface area (Å²) in [6.45, 7) is 3.97. The van der Waals surface area contributed by atoms with Gasteiger partial charge in [0.05, 0.1) is 6.61 Å². The first-order valence-electron chi connectivity index (χ1n) is 10.2. The third-order valence-electron chi connectivity index (χ3n) is 4.99. The van der Waals surface area contributed by atoms with E-state index in [9.17, 15) is 14.4 Å². The summed E-state index contributed by atoms with van der Waals surface area (Å²) < 4.78 is 19.9. The molecule has 0 aliphatic rings. The molecule has 0 bridgehead atoms. The van der Waals surface area contributed by atoms with E-state index in [0.717, 1.165) is 0 Å². The molecule has 0 saturated carbocycles. The Labute approximate surface area is 202 Å². The number of nitrogens with one attached hydrogen (secondary N) is 1. The van der Waals surface area contributed by atoms with Gasteiger partial charge in [-0.1, -0.05) is 47.5 Å². The molecule has 0 unspecified atom stereocenters. The second-order valence-corrected chi connectivity index (χ2v) is 8.03. The zero-order chi connectivity index (χ0) is 24.0. The summed E-state index contributed by atoms with van der Waals surface area (Å²) in [5, 5.41) is 13.1. The zero-order valence-electron chi connectivity index (χ0n) is 18.1. The average Bonchev–Trinajstić information content (AvgIpc) is 2.79. The van der Waals surface area contributed by atoms with E-state index in [-0.39, 0.29) is 17.8 Å². The van der Waals surface area contributed by atoms with Crippen molar-refractivity contribution in [2.45, 2.75) is 20.3 Å². The first-order chi connectivity index (χ1) is 15.8. The van der Waals surface area contributed by atoms with E-state index in [1.54, 1.807) is 55.5 Å². The quantitative estimate of drug-likeness (QED) is 0.292. The predicted molar refractivity (Wildman–Crippen MR) is 130 cm³/mol. The Hall–Kier alpha value is -3.33. The summed E-state index contributed by atoms with van der Waals surface area (Å²) in [5.41, 5.74) is 2.71. The van der Waals surface area contributed by atoms with E-state index in [4.69, 9.17) is 27.9 Å². The minimum absolute atomic E-state index is 0.116. The smallest absolute Gasteiger partial charge is 0.266 e. The van der Waals surface area contributed by atoms with Gasteiger partial charge in [0.15, 0.2) is 0 Å². The van der Waals surface area contributed by atoms with Crippen molar-refractivity contribution in [2.75, 3.05) is 11.9 Å². The van der Waals surface area contributed by atoms with E-state index in [0.29, 0.717) is 50.3 Å². The number of halogens is 3. The lowest BCUT2D eigenvalue weighted by Crippen LogP contribution is -2.14. The van der Waals surface area contributed by atoms with Gasteiger partial charge < -0.3 is 10.1 Å². The molecule has 1 N–H and O–H groups in total. The maximum Gasteiger partial charge on any atom is 0.266 e. The molecule has 1 amide bonds. The fraction of sp³-hybridized carbons (Fsp3) is 0.154. The second kappa shape index (κ2) is 11.0. The molecule has 0 radical (unpaired) electrons. The SMILES string of the molecule is CCOc1cc(/C=C(\C#N)C(=O)Nc2cccc(Cl)c2C)cc(Cl)c1Cc1ccccc1F. The van der Waals surface area contributed by atoms with Crippen LogP contribution in [-0.2, 0) is 11.2 Å². The van der Waals surface area contributed by atoms with Crippen molar-refractivity contribution in [3.8, 4) is 11.8 Å². The van der Waals surface area contributed by atoms with E-state index >= 15 is 0 Å². The maximum atomic E-state index is 14.2. The molecule has 168 valence electrons. The number of rotatable bonds is 7. The number of nitriles is 1. The van der Waals surface area contributed by atoms with Crippen LogP contribution in [0.15, 0.2) is 60.2 Å². The number of carbonyl (C=O) groups is 1. The number of amides is 1. The molecule has 0 saturated heterocycles. The minimum atomic E-state index is -0.576. The van der Waals surface area contributed by atoms with Gasteiger partial charge in [-0.25, -0.2) is 4.39 Å². The van der Waals surface area contributed by atoms with Crippen LogP contribution in [0.2, 0.25) is 10.0 Å². The third kappa shape index (κ3) is 5.92. The number of ether oxygens (including phenoxy) is 1. The van der Waals surface area contributed by atoms with E-state index < -0.39 is 5.91 Å². The van der Waals surface area contributed by atoms with E-state index in [1.807, 2.05) is 13.0 Å². The van der Waals surface area contributed by atoms with Gasteiger partial charge in [0.2, 0.25) is 0 Å². The van der Waals surface area contributed by atoms with Gasteiger partial charge in [0.25, 0.3) is 5.91 Å². The van der Waals surface area contributed by atoms with Crippen molar-refractivity contribution in [3.63, 3.8) is 0 Å². The first-order valence-corrected chi connectivity index (χ1v) is 11.0. The van der Waals surface area contributed by atoms with Crippen LogP contribution < -0.4 is 10.1 Å². The number of nitrogens with zero attached hydrogens (tertiary/aromatic N) is 1. The highest BCUT2D eigenvalue weighted by molar-refractivity contribution is 6.32. The molecule has 0 fully saturated rings. The predicted octanol–water partition coefficient (Wildman–Crippen LogP) is 6.98. The molecule has 0 aliphatic heterocycles. The molecule has 33 heavy (non-hydrogen) atoms. The topological polar surface area (TPSA) is 62.1 Å². The fourth-order valence-electron chi connectivity index (χ4n) is 3.25. The number of carbonyl (C=O) groups excluding carboxylic acids is 1. The summed E-state index contributed by atoms with van der Waals surface area (Å²) in [6.07, 6.45) is 1.67. The largest absolute Gasteiger partial charge is 0.494 e. The summed E-state index contributed by atoms with van der Waals surface area (Å²) >= 11 is 12.6. The van der Waals surface area contributed by atoms with Gasteiger partial charge in [-0.3, -0.25) is 4.79 Å². The molecule has 4 nitrogen and oxygen atoms in total. The normalized spacial score (nSPS) is 11.1. The number of benzene rings is 3. The Morgan fingerprint density at radius 2 is 1.91 bits per heavy atom. The monoisotopic (exact) mass is 482 g/mol. The number of hydrogen-bond donors (Lipinski definition) is 1. The van der Waals surface area contributed by atoms with Crippen molar-refractivity contribution < 1.29 is 13.9 Å². The van der Waals surface area contributed by atoms with Gasteiger partial charge in [-0.15, -0.1) is 0 Å². The van der Waals surface area contributed by atoms with Crippen LogP contribution in [0.25, 0.3) is 6.08 Å². The van der Waals surface area contributed by atoms with Crippen molar-refractivity contribution in [3.05, 3.63) is 98.3 Å². The standard InChI is InChI=1S/C26H21Cl2FN2O2/c1-3-33-25-13-17(12-22(28)20(25)14-18-7-4-5-9-23(18)29)11-19(15-30)26(32)31-24-10-6-8-21(27)16(24)2/h4-13H,3,14H2,1-2H3,(H,31,32)/b19-11+. The van der Waals surface area contributed by atoms with Gasteiger partial charge in [-0.05, 0) is 66.9 Å². The van der Waals surface area contributed by atoms with Crippen LogP contribution in [0.5, 0.6) is 5.75 Å². The Morgan fingerprint density at radius 1 is 1.15 bits per heavy atom. The van der Waals surface area contributed by atoms with Crippen LogP contribution in [0.1, 0.15) is 29.2 Å². The minimum Gasteiger partial charge on any atom is -0.494 e. The Balaban J connectivity index is 1.94. The summed E-state index contributed by atoms with van der Waals surface area (Å²) in [7, 11) is 0. The Morgan fingerprint density at radius 3 is 2.61 bits per heavy atom. The van der Waals surface area contributed by atoms with E-state index in [2.05, 4.69) is 5.32 Å². The van der Waals surface area contributed by atoms with Crippen molar-refractivity contribution in [1.82, 2.24) is 0 Å². The maximum absolute atomic E-state index is 14.2. The number of anilines is 1. The van der Waals surface area contributed by atoms with Crippen LogP contribution in [0, 0.1) is 24.1 Å². The van der Waals surface area contributed by atoms with Gasteiger partial charge >= 0.3 is 0 Å². The first kappa shape index (κ1) is 24.3. The van der Waals surface area contributed by atoms with Crippen molar-refractivity contribution in [2.24, 2.45) is 0 Å². The van der Waals surface area contributed by atoms with Crippen LogP contribution in [0.3, 0.4) is 0 Å². The molecule has 0 atom stereocenters. The highest BCUT2D eigenvalue weighted by atomic mass is 35.5. The Bertz CT molecular complexity index is 1270.